The minimum Gasteiger partial charge on any atom is -0.497 e. The minimum absolute atomic E-state index is 0.332. The maximum absolute atomic E-state index is 12.0. The summed E-state index contributed by atoms with van der Waals surface area (Å²) in [6.45, 7) is 4.82. The fourth-order valence-corrected chi connectivity index (χ4v) is 2.94. The Morgan fingerprint density at radius 1 is 1.38 bits per heavy atom. The molecule has 3 aromatic rings. The number of hydrogen-bond acceptors (Lipinski definition) is 5. The number of pyridine rings is 1. The molecule has 0 saturated heterocycles. The topological polar surface area (TPSA) is 95.1 Å². The van der Waals surface area contributed by atoms with Gasteiger partial charge in [0, 0.05) is 24.5 Å². The molecule has 1 amide bonds. The number of carbonyl (C=O) groups excluding carboxylic acids is 1. The fraction of sp³-hybridized carbons (Fsp3) is 0.316. The van der Waals surface area contributed by atoms with Gasteiger partial charge in [-0.25, -0.2) is 9.67 Å². The molecule has 3 rings (SSSR count). The van der Waals surface area contributed by atoms with Crippen LogP contribution in [0.5, 0.6) is 5.75 Å². The number of amides is 1. The van der Waals surface area contributed by atoms with E-state index < -0.39 is 5.91 Å². The first-order chi connectivity index (χ1) is 12.5. The number of primary amides is 1. The summed E-state index contributed by atoms with van der Waals surface area (Å²) in [7, 11) is 1.61. The number of methoxy groups -OCH3 is 1. The minimum atomic E-state index is -0.537. The normalized spacial score (nSPS) is 10.9. The van der Waals surface area contributed by atoms with E-state index >= 15 is 0 Å². The number of ether oxygens (including phenoxy) is 1. The second-order valence-corrected chi connectivity index (χ2v) is 6.13. The first-order valence-electron chi connectivity index (χ1n) is 8.62. The number of fused-ring (bicyclic) bond motifs is 1. The van der Waals surface area contributed by atoms with Crippen LogP contribution < -0.4 is 15.8 Å². The number of nitrogens with zero attached hydrogens (tertiary/aromatic N) is 3. The number of nitrogens with one attached hydrogen (secondary N) is 1. The molecule has 1 aromatic carbocycles. The van der Waals surface area contributed by atoms with Gasteiger partial charge in [-0.1, -0.05) is 19.4 Å². The third-order valence-corrected chi connectivity index (χ3v) is 4.26. The number of aryl methyl sites for hydroxylation is 2. The van der Waals surface area contributed by atoms with Gasteiger partial charge in [0.25, 0.3) is 5.91 Å². The van der Waals surface area contributed by atoms with Crippen molar-refractivity contribution in [1.29, 1.82) is 0 Å². The van der Waals surface area contributed by atoms with Gasteiger partial charge < -0.3 is 15.8 Å². The molecule has 0 aliphatic heterocycles. The van der Waals surface area contributed by atoms with Crippen molar-refractivity contribution in [3.05, 3.63) is 41.7 Å². The van der Waals surface area contributed by atoms with Crippen LogP contribution in [0, 0.1) is 6.92 Å². The first-order valence-corrected chi connectivity index (χ1v) is 8.62. The van der Waals surface area contributed by atoms with Crippen molar-refractivity contribution in [2.75, 3.05) is 12.4 Å². The van der Waals surface area contributed by atoms with Crippen molar-refractivity contribution in [2.24, 2.45) is 5.73 Å². The molecule has 136 valence electrons. The Morgan fingerprint density at radius 2 is 2.19 bits per heavy atom. The van der Waals surface area contributed by atoms with E-state index in [1.165, 1.54) is 6.20 Å². The maximum Gasteiger partial charge on any atom is 0.252 e. The first kappa shape index (κ1) is 17.7. The number of hydrogen-bond donors (Lipinski definition) is 2. The highest BCUT2D eigenvalue weighted by Gasteiger charge is 2.19. The van der Waals surface area contributed by atoms with E-state index in [-0.39, 0.29) is 0 Å². The van der Waals surface area contributed by atoms with Gasteiger partial charge in [-0.2, -0.15) is 5.10 Å². The molecule has 0 spiro atoms. The fourth-order valence-electron chi connectivity index (χ4n) is 2.94. The smallest absolute Gasteiger partial charge is 0.252 e. The molecule has 2 heterocycles. The predicted molar refractivity (Wildman–Crippen MR) is 102 cm³/mol. The van der Waals surface area contributed by atoms with E-state index in [2.05, 4.69) is 22.3 Å². The standard InChI is InChI=1S/C19H23N5O2/c1-4-5-9-24-19-16(12(2)23-24)17(15(11-21-19)18(20)25)22-13-7-6-8-14(10-13)26-3/h6-8,10-11H,4-5,9H2,1-3H3,(H2,20,25)(H,21,22). The average molecular weight is 353 g/mol. The Hall–Kier alpha value is -3.09. The molecule has 7 heteroatoms. The van der Waals surface area contributed by atoms with Gasteiger partial charge in [0.15, 0.2) is 5.65 Å². The number of nitrogens with two attached hydrogens (primary N) is 1. The number of carbonyl (C=O) groups is 1. The van der Waals surface area contributed by atoms with Crippen LogP contribution in [-0.4, -0.2) is 27.8 Å². The van der Waals surface area contributed by atoms with Gasteiger partial charge in [-0.05, 0) is 25.5 Å². The van der Waals surface area contributed by atoms with E-state index in [9.17, 15) is 4.79 Å². The van der Waals surface area contributed by atoms with Gasteiger partial charge >= 0.3 is 0 Å². The van der Waals surface area contributed by atoms with Crippen molar-refractivity contribution in [1.82, 2.24) is 14.8 Å². The Kier molecular flexibility index (Phi) is 5.06. The molecule has 0 saturated carbocycles. The number of unbranched alkanes of at least 4 members (excludes halogenated alkanes) is 1. The van der Waals surface area contributed by atoms with Crippen LogP contribution in [0.15, 0.2) is 30.5 Å². The van der Waals surface area contributed by atoms with Gasteiger partial charge in [-0.3, -0.25) is 4.79 Å². The lowest BCUT2D eigenvalue weighted by atomic mass is 10.1. The van der Waals surface area contributed by atoms with Crippen molar-refractivity contribution in [3.8, 4) is 5.75 Å². The predicted octanol–water partition coefficient (Wildman–Crippen LogP) is 3.39. The number of aromatic nitrogens is 3. The molecule has 0 fully saturated rings. The average Bonchev–Trinajstić information content (AvgIpc) is 2.96. The number of anilines is 2. The van der Waals surface area contributed by atoms with Crippen molar-refractivity contribution in [3.63, 3.8) is 0 Å². The van der Waals surface area contributed by atoms with Crippen LogP contribution in [0.4, 0.5) is 11.4 Å². The van der Waals surface area contributed by atoms with E-state index in [1.807, 2.05) is 35.9 Å². The molecule has 0 atom stereocenters. The highest BCUT2D eigenvalue weighted by molar-refractivity contribution is 6.07. The van der Waals surface area contributed by atoms with Crippen molar-refractivity contribution in [2.45, 2.75) is 33.2 Å². The van der Waals surface area contributed by atoms with Gasteiger partial charge in [-0.15, -0.1) is 0 Å². The summed E-state index contributed by atoms with van der Waals surface area (Å²) in [4.78, 5) is 16.4. The lowest BCUT2D eigenvalue weighted by Gasteiger charge is -2.13. The summed E-state index contributed by atoms with van der Waals surface area (Å²) in [6.07, 6.45) is 3.58. The maximum atomic E-state index is 12.0. The molecule has 7 nitrogen and oxygen atoms in total. The zero-order valence-corrected chi connectivity index (χ0v) is 15.2. The Labute approximate surface area is 152 Å². The van der Waals surface area contributed by atoms with Crippen LogP contribution in [0.25, 0.3) is 11.0 Å². The SMILES string of the molecule is CCCCn1nc(C)c2c(Nc3cccc(OC)c3)c(C(N)=O)cnc21. The molecular weight excluding hydrogens is 330 g/mol. The Morgan fingerprint density at radius 3 is 2.88 bits per heavy atom. The molecule has 0 unspecified atom stereocenters. The van der Waals surface area contributed by atoms with Crippen LogP contribution in [0.1, 0.15) is 35.8 Å². The summed E-state index contributed by atoms with van der Waals surface area (Å²) in [5.74, 6) is 0.182. The molecule has 0 aliphatic rings. The van der Waals surface area contributed by atoms with Crippen LogP contribution >= 0.6 is 0 Å². The number of benzene rings is 1. The van der Waals surface area contributed by atoms with Crippen LogP contribution in [-0.2, 0) is 6.54 Å². The summed E-state index contributed by atoms with van der Waals surface area (Å²) in [5, 5.41) is 8.71. The zero-order chi connectivity index (χ0) is 18.7. The molecule has 3 N–H and O–H groups in total. The van der Waals surface area contributed by atoms with Crippen LogP contribution in [0.2, 0.25) is 0 Å². The summed E-state index contributed by atoms with van der Waals surface area (Å²) in [5.41, 5.74) is 8.87. The highest BCUT2D eigenvalue weighted by atomic mass is 16.5. The highest BCUT2D eigenvalue weighted by Crippen LogP contribution is 2.32. The second kappa shape index (κ2) is 7.43. The number of rotatable bonds is 7. The van der Waals surface area contributed by atoms with Crippen molar-refractivity contribution >= 4 is 28.3 Å². The molecule has 2 aromatic heterocycles. The lowest BCUT2D eigenvalue weighted by molar-refractivity contribution is 0.100. The van der Waals surface area contributed by atoms with Crippen molar-refractivity contribution < 1.29 is 9.53 Å². The Bertz CT molecular complexity index is 948. The van der Waals surface area contributed by atoms with Gasteiger partial charge in [0.05, 0.1) is 29.4 Å². The molecule has 0 aliphatic carbocycles. The van der Waals surface area contributed by atoms with Gasteiger partial charge in [0.1, 0.15) is 5.75 Å². The monoisotopic (exact) mass is 353 g/mol. The zero-order valence-electron chi connectivity index (χ0n) is 15.2. The molecular formula is C19H23N5O2. The third-order valence-electron chi connectivity index (χ3n) is 4.26. The van der Waals surface area contributed by atoms with Gasteiger partial charge in [0.2, 0.25) is 0 Å². The van der Waals surface area contributed by atoms with Crippen LogP contribution in [0.3, 0.4) is 0 Å². The summed E-state index contributed by atoms with van der Waals surface area (Å²) in [6, 6.07) is 7.49. The Balaban J connectivity index is 2.15. The summed E-state index contributed by atoms with van der Waals surface area (Å²) < 4.78 is 7.15. The largest absolute Gasteiger partial charge is 0.497 e. The van der Waals surface area contributed by atoms with E-state index in [0.717, 1.165) is 47.6 Å². The molecule has 0 bridgehead atoms. The second-order valence-electron chi connectivity index (χ2n) is 6.13. The lowest BCUT2D eigenvalue weighted by Crippen LogP contribution is -2.14. The summed E-state index contributed by atoms with van der Waals surface area (Å²) >= 11 is 0. The van der Waals surface area contributed by atoms with E-state index in [4.69, 9.17) is 10.5 Å². The quantitative estimate of drug-likeness (QED) is 0.679. The van der Waals surface area contributed by atoms with E-state index in [1.54, 1.807) is 7.11 Å². The van der Waals surface area contributed by atoms with E-state index in [0.29, 0.717) is 11.3 Å². The third kappa shape index (κ3) is 3.33. The molecule has 0 radical (unpaired) electrons. The molecule has 26 heavy (non-hydrogen) atoms.